The van der Waals surface area contributed by atoms with Crippen LogP contribution in [-0.2, 0) is 0 Å². The maximum absolute atomic E-state index is 11.2. The standard InChI is InChI=1S/C9H5BrN2O3/c10-4-9(13)6-1-2-7(5-11)8(3-6)12(14)15/h1-3H,4H2. The highest BCUT2D eigenvalue weighted by molar-refractivity contribution is 9.09. The normalized spacial score (nSPS) is 9.33. The van der Waals surface area contributed by atoms with Gasteiger partial charge in [-0.2, -0.15) is 5.26 Å². The second kappa shape index (κ2) is 4.66. The SMILES string of the molecule is N#Cc1ccc(C(=O)CBr)cc1[N+](=O)[O-]. The number of nitriles is 1. The monoisotopic (exact) mass is 268 g/mol. The van der Waals surface area contributed by atoms with Gasteiger partial charge in [0.25, 0.3) is 5.69 Å². The zero-order valence-electron chi connectivity index (χ0n) is 7.44. The van der Waals surface area contributed by atoms with Crippen molar-refractivity contribution < 1.29 is 9.72 Å². The average Bonchev–Trinajstić information content (AvgIpc) is 2.27. The largest absolute Gasteiger partial charge is 0.293 e. The molecule has 0 N–H and O–H groups in total. The zero-order valence-corrected chi connectivity index (χ0v) is 9.02. The lowest BCUT2D eigenvalue weighted by Gasteiger charge is -1.98. The van der Waals surface area contributed by atoms with E-state index in [4.69, 9.17) is 5.26 Å². The molecule has 15 heavy (non-hydrogen) atoms. The predicted octanol–water partition coefficient (Wildman–Crippen LogP) is 2.04. The van der Waals surface area contributed by atoms with E-state index in [2.05, 4.69) is 15.9 Å². The number of nitro groups is 1. The number of nitrogens with zero attached hydrogens (tertiary/aromatic N) is 2. The molecule has 0 heterocycles. The van der Waals surface area contributed by atoms with Crippen molar-refractivity contribution in [3.8, 4) is 6.07 Å². The first kappa shape index (κ1) is 11.3. The number of alkyl halides is 1. The lowest BCUT2D eigenvalue weighted by atomic mass is 10.1. The molecular weight excluding hydrogens is 264 g/mol. The lowest BCUT2D eigenvalue weighted by molar-refractivity contribution is -0.385. The predicted molar refractivity (Wildman–Crippen MR) is 55.9 cm³/mol. The first-order valence-electron chi connectivity index (χ1n) is 3.88. The van der Waals surface area contributed by atoms with Gasteiger partial charge in [0.2, 0.25) is 0 Å². The number of hydrogen-bond donors (Lipinski definition) is 0. The van der Waals surface area contributed by atoms with Crippen LogP contribution < -0.4 is 0 Å². The number of ketones is 1. The van der Waals surface area contributed by atoms with Crippen LogP contribution in [0.4, 0.5) is 5.69 Å². The molecule has 0 amide bonds. The van der Waals surface area contributed by atoms with Crippen LogP contribution in [0.1, 0.15) is 15.9 Å². The average molecular weight is 269 g/mol. The summed E-state index contributed by atoms with van der Waals surface area (Å²) in [4.78, 5) is 21.1. The maximum Gasteiger partial charge on any atom is 0.287 e. The van der Waals surface area contributed by atoms with E-state index in [1.807, 2.05) is 0 Å². The van der Waals surface area contributed by atoms with Gasteiger partial charge in [0.05, 0.1) is 10.3 Å². The maximum atomic E-state index is 11.2. The minimum Gasteiger partial charge on any atom is -0.293 e. The molecule has 1 rings (SSSR count). The highest BCUT2D eigenvalue weighted by Crippen LogP contribution is 2.20. The number of nitro benzene ring substituents is 1. The molecule has 0 unspecified atom stereocenters. The molecular formula is C9H5BrN2O3. The summed E-state index contributed by atoms with van der Waals surface area (Å²) in [6.45, 7) is 0. The summed E-state index contributed by atoms with van der Waals surface area (Å²) in [5.74, 6) is -0.261. The molecule has 5 nitrogen and oxygen atoms in total. The fourth-order valence-corrected chi connectivity index (χ4v) is 1.35. The smallest absolute Gasteiger partial charge is 0.287 e. The number of halogens is 1. The molecule has 0 aromatic heterocycles. The van der Waals surface area contributed by atoms with Crippen LogP contribution in [0, 0.1) is 21.4 Å². The van der Waals surface area contributed by atoms with Gasteiger partial charge in [-0.3, -0.25) is 14.9 Å². The summed E-state index contributed by atoms with van der Waals surface area (Å²) in [6, 6.07) is 5.48. The molecule has 0 aliphatic carbocycles. The van der Waals surface area contributed by atoms with Gasteiger partial charge in [0.15, 0.2) is 5.78 Å². The summed E-state index contributed by atoms with van der Waals surface area (Å²) in [5.41, 5.74) is -0.173. The van der Waals surface area contributed by atoms with E-state index in [-0.39, 0.29) is 27.9 Å². The molecule has 0 saturated carbocycles. The number of carbonyl (C=O) groups is 1. The van der Waals surface area contributed by atoms with Crippen molar-refractivity contribution in [3.05, 3.63) is 39.4 Å². The molecule has 0 fully saturated rings. The van der Waals surface area contributed by atoms with E-state index in [0.29, 0.717) is 0 Å². The van der Waals surface area contributed by atoms with Crippen molar-refractivity contribution >= 4 is 27.4 Å². The molecule has 0 bridgehead atoms. The lowest BCUT2D eigenvalue weighted by Crippen LogP contribution is -2.02. The summed E-state index contributed by atoms with van der Waals surface area (Å²) in [6.07, 6.45) is 0. The van der Waals surface area contributed by atoms with Gasteiger partial charge in [-0.25, -0.2) is 0 Å². The van der Waals surface area contributed by atoms with Crippen molar-refractivity contribution in [3.63, 3.8) is 0 Å². The van der Waals surface area contributed by atoms with Gasteiger partial charge in [-0.05, 0) is 12.1 Å². The van der Waals surface area contributed by atoms with Crippen LogP contribution in [0.2, 0.25) is 0 Å². The molecule has 1 aromatic carbocycles. The van der Waals surface area contributed by atoms with Crippen molar-refractivity contribution in [1.29, 1.82) is 5.26 Å². The minimum atomic E-state index is -0.677. The van der Waals surface area contributed by atoms with Gasteiger partial charge < -0.3 is 0 Å². The molecule has 6 heteroatoms. The van der Waals surface area contributed by atoms with Crippen molar-refractivity contribution in [1.82, 2.24) is 0 Å². The van der Waals surface area contributed by atoms with Crippen LogP contribution in [0.25, 0.3) is 0 Å². The first-order chi connectivity index (χ1) is 7.10. The fraction of sp³-hybridized carbons (Fsp3) is 0.111. The Labute approximate surface area is 93.6 Å². The molecule has 0 atom stereocenters. The summed E-state index contributed by atoms with van der Waals surface area (Å²) >= 11 is 2.96. The van der Waals surface area contributed by atoms with E-state index in [1.54, 1.807) is 6.07 Å². The molecule has 0 aliphatic heterocycles. The Morgan fingerprint density at radius 3 is 2.73 bits per heavy atom. The van der Waals surface area contributed by atoms with E-state index in [0.717, 1.165) is 6.07 Å². The van der Waals surface area contributed by atoms with E-state index >= 15 is 0 Å². The van der Waals surface area contributed by atoms with Gasteiger partial charge >= 0.3 is 0 Å². The molecule has 0 spiro atoms. The van der Waals surface area contributed by atoms with Crippen molar-refractivity contribution in [2.24, 2.45) is 0 Å². The summed E-state index contributed by atoms with van der Waals surface area (Å²) in [5, 5.41) is 19.3. The summed E-state index contributed by atoms with van der Waals surface area (Å²) < 4.78 is 0. The Balaban J connectivity index is 3.29. The fourth-order valence-electron chi connectivity index (χ4n) is 1.03. The Bertz CT molecular complexity index is 465. The van der Waals surface area contributed by atoms with E-state index in [1.165, 1.54) is 12.1 Å². The highest BCUT2D eigenvalue weighted by atomic mass is 79.9. The van der Waals surface area contributed by atoms with Crippen LogP contribution >= 0.6 is 15.9 Å². The third-order valence-electron chi connectivity index (χ3n) is 1.76. The number of rotatable bonds is 3. The molecule has 0 saturated heterocycles. The van der Waals surface area contributed by atoms with Gasteiger partial charge in [-0.1, -0.05) is 15.9 Å². The van der Waals surface area contributed by atoms with Crippen LogP contribution in [-0.4, -0.2) is 16.0 Å². The van der Waals surface area contributed by atoms with Crippen LogP contribution in [0.3, 0.4) is 0 Å². The van der Waals surface area contributed by atoms with E-state index in [9.17, 15) is 14.9 Å². The molecule has 1 aromatic rings. The topological polar surface area (TPSA) is 84.0 Å². The Morgan fingerprint density at radius 1 is 1.60 bits per heavy atom. The summed E-state index contributed by atoms with van der Waals surface area (Å²) in [7, 11) is 0. The first-order valence-corrected chi connectivity index (χ1v) is 5.00. The quantitative estimate of drug-likeness (QED) is 0.364. The minimum absolute atomic E-state index is 0.0499. The Morgan fingerprint density at radius 2 is 2.27 bits per heavy atom. The van der Waals surface area contributed by atoms with Crippen molar-refractivity contribution in [2.45, 2.75) is 0 Å². The Hall–Kier alpha value is -1.74. The highest BCUT2D eigenvalue weighted by Gasteiger charge is 2.16. The van der Waals surface area contributed by atoms with Gasteiger partial charge in [-0.15, -0.1) is 0 Å². The second-order valence-corrected chi connectivity index (χ2v) is 3.22. The van der Waals surface area contributed by atoms with Crippen LogP contribution in [0.5, 0.6) is 0 Å². The third kappa shape index (κ3) is 2.39. The van der Waals surface area contributed by atoms with Crippen molar-refractivity contribution in [2.75, 3.05) is 5.33 Å². The van der Waals surface area contributed by atoms with Gasteiger partial charge in [0.1, 0.15) is 11.6 Å². The molecule has 0 radical (unpaired) electrons. The molecule has 0 aliphatic rings. The zero-order chi connectivity index (χ0) is 11.4. The third-order valence-corrected chi connectivity index (χ3v) is 2.27. The number of carbonyl (C=O) groups excluding carboxylic acids is 1. The van der Waals surface area contributed by atoms with Gasteiger partial charge in [0, 0.05) is 11.6 Å². The van der Waals surface area contributed by atoms with E-state index < -0.39 is 4.92 Å². The second-order valence-electron chi connectivity index (χ2n) is 2.66. The number of benzene rings is 1. The Kier molecular flexibility index (Phi) is 3.52. The molecule has 76 valence electrons. The number of Topliss-reactive ketones (excluding diaryl/α,β-unsaturated/α-hetero) is 1. The number of hydrogen-bond acceptors (Lipinski definition) is 4. The van der Waals surface area contributed by atoms with Crippen LogP contribution in [0.15, 0.2) is 18.2 Å².